The van der Waals surface area contributed by atoms with Crippen LogP contribution in [0.4, 0.5) is 0 Å². The second-order valence-electron chi connectivity index (χ2n) is 9.42. The third-order valence-electron chi connectivity index (χ3n) is 7.29. The maximum absolute atomic E-state index is 6.88. The fourth-order valence-electron chi connectivity index (χ4n) is 5.49. The Bertz CT molecular complexity index is 1180. The van der Waals surface area contributed by atoms with Crippen LogP contribution in [-0.2, 0) is 6.54 Å². The molecule has 168 valence electrons. The van der Waals surface area contributed by atoms with Crippen LogP contribution in [0.25, 0.3) is 0 Å². The number of likely N-dealkylation sites (tertiary alicyclic amines) is 1. The number of ether oxygens (including phenoxy) is 1. The summed E-state index contributed by atoms with van der Waals surface area (Å²) >= 11 is 6.14. The Morgan fingerprint density at radius 3 is 2.48 bits per heavy atom. The minimum absolute atomic E-state index is 0.208. The average Bonchev–Trinajstić information content (AvgIpc) is 3.30. The van der Waals surface area contributed by atoms with Crippen LogP contribution in [0, 0.1) is 6.92 Å². The van der Waals surface area contributed by atoms with E-state index in [0.717, 1.165) is 60.9 Å². The lowest BCUT2D eigenvalue weighted by Gasteiger charge is -2.51. The van der Waals surface area contributed by atoms with Crippen LogP contribution in [0.2, 0.25) is 5.02 Å². The summed E-state index contributed by atoms with van der Waals surface area (Å²) in [7, 11) is 0. The minimum Gasteiger partial charge on any atom is -0.466 e. The number of nitrogens with zero attached hydrogens (tertiary/aromatic N) is 3. The molecule has 0 amide bonds. The third kappa shape index (κ3) is 3.71. The summed E-state index contributed by atoms with van der Waals surface area (Å²) < 4.78 is 6.88. The highest BCUT2D eigenvalue weighted by Crippen LogP contribution is 2.51. The second kappa shape index (κ2) is 8.19. The highest BCUT2D eigenvalue weighted by Gasteiger charge is 2.52. The van der Waals surface area contributed by atoms with Crippen molar-refractivity contribution in [3.05, 3.63) is 100 Å². The first-order valence-electron chi connectivity index (χ1n) is 11.8. The number of hydrogen-bond acceptors (Lipinski definition) is 4. The van der Waals surface area contributed by atoms with Crippen LogP contribution >= 0.6 is 11.6 Å². The summed E-state index contributed by atoms with van der Waals surface area (Å²) in [4.78, 5) is 2.53. The molecule has 1 saturated heterocycles. The first-order valence-corrected chi connectivity index (χ1v) is 12.2. The van der Waals surface area contributed by atoms with Crippen molar-refractivity contribution in [1.29, 1.82) is 0 Å². The van der Waals surface area contributed by atoms with Crippen LogP contribution < -0.4 is 4.74 Å². The standard InChI is InChI=1S/C28H28ClN3O/c1-20-6-5-9-24-26-18-25(22-10-12-23(29)13-11-22)30-32(26)28(33-27(20)24)14-16-31(17-15-28)19-21-7-3-2-4-8-21/h2-13,26H,14-19H2,1H3/t26-/m1/s1. The van der Waals surface area contributed by atoms with Gasteiger partial charge < -0.3 is 4.74 Å². The van der Waals surface area contributed by atoms with Gasteiger partial charge in [0.2, 0.25) is 5.72 Å². The van der Waals surface area contributed by atoms with E-state index in [2.05, 4.69) is 77.5 Å². The molecular formula is C28H28ClN3O. The van der Waals surface area contributed by atoms with Gasteiger partial charge in [-0.3, -0.25) is 4.90 Å². The highest BCUT2D eigenvalue weighted by atomic mass is 35.5. The van der Waals surface area contributed by atoms with E-state index in [4.69, 9.17) is 21.4 Å². The fourth-order valence-corrected chi connectivity index (χ4v) is 5.62. The molecule has 3 aliphatic rings. The summed E-state index contributed by atoms with van der Waals surface area (Å²) in [5.74, 6) is 1.06. The molecule has 1 spiro atoms. The van der Waals surface area contributed by atoms with Gasteiger partial charge >= 0.3 is 0 Å². The summed E-state index contributed by atoms with van der Waals surface area (Å²) in [6.07, 6.45) is 2.75. The van der Waals surface area contributed by atoms with E-state index in [0.29, 0.717) is 0 Å². The van der Waals surface area contributed by atoms with Crippen LogP contribution in [-0.4, -0.2) is 34.4 Å². The lowest BCUT2D eigenvalue weighted by atomic mass is 9.89. The molecule has 0 saturated carbocycles. The molecule has 0 bridgehead atoms. The average molecular weight is 458 g/mol. The number of piperidine rings is 1. The number of benzene rings is 3. The van der Waals surface area contributed by atoms with Crippen molar-refractivity contribution >= 4 is 17.3 Å². The number of hydrazone groups is 1. The van der Waals surface area contributed by atoms with Crippen molar-refractivity contribution in [2.45, 2.75) is 44.5 Å². The summed E-state index contributed by atoms with van der Waals surface area (Å²) in [6, 6.07) is 25.5. The molecule has 3 heterocycles. The SMILES string of the molecule is Cc1cccc2c1OC1(CCN(Cc3ccccc3)CC1)N1N=C(c3ccc(Cl)cc3)C[C@H]21. The van der Waals surface area contributed by atoms with E-state index >= 15 is 0 Å². The van der Waals surface area contributed by atoms with Gasteiger partial charge in [0.25, 0.3) is 0 Å². The number of para-hydroxylation sites is 1. The minimum atomic E-state index is -0.398. The Hall–Kier alpha value is -2.82. The van der Waals surface area contributed by atoms with E-state index in [1.807, 2.05) is 12.1 Å². The van der Waals surface area contributed by atoms with E-state index in [1.54, 1.807) is 0 Å². The lowest BCUT2D eigenvalue weighted by molar-refractivity contribution is -0.151. The zero-order valence-electron chi connectivity index (χ0n) is 18.9. The maximum Gasteiger partial charge on any atom is 0.200 e. The lowest BCUT2D eigenvalue weighted by Crippen LogP contribution is -2.59. The van der Waals surface area contributed by atoms with Crippen molar-refractivity contribution in [3.63, 3.8) is 0 Å². The Morgan fingerprint density at radius 1 is 0.970 bits per heavy atom. The molecule has 6 rings (SSSR count). The zero-order valence-corrected chi connectivity index (χ0v) is 19.6. The van der Waals surface area contributed by atoms with Crippen molar-refractivity contribution < 1.29 is 4.74 Å². The molecule has 3 aliphatic heterocycles. The predicted molar refractivity (Wildman–Crippen MR) is 133 cm³/mol. The summed E-state index contributed by atoms with van der Waals surface area (Å²) in [6.45, 7) is 5.12. The van der Waals surface area contributed by atoms with Gasteiger partial charge in [0.1, 0.15) is 5.75 Å². The van der Waals surface area contributed by atoms with Gasteiger partial charge in [0.15, 0.2) is 0 Å². The summed E-state index contributed by atoms with van der Waals surface area (Å²) in [5, 5.41) is 8.23. The van der Waals surface area contributed by atoms with Crippen molar-refractivity contribution in [1.82, 2.24) is 9.91 Å². The molecule has 4 nitrogen and oxygen atoms in total. The fraction of sp³-hybridized carbons (Fsp3) is 0.321. The monoisotopic (exact) mass is 457 g/mol. The highest BCUT2D eigenvalue weighted by molar-refractivity contribution is 6.30. The van der Waals surface area contributed by atoms with Crippen molar-refractivity contribution in [3.8, 4) is 5.75 Å². The quantitative estimate of drug-likeness (QED) is 0.469. The molecule has 1 fully saturated rings. The van der Waals surface area contributed by atoms with Gasteiger partial charge in [0.05, 0.1) is 11.8 Å². The number of hydrogen-bond donors (Lipinski definition) is 0. The van der Waals surface area contributed by atoms with Gasteiger partial charge in [-0.05, 0) is 35.7 Å². The molecule has 1 atom stereocenters. The van der Waals surface area contributed by atoms with E-state index < -0.39 is 5.72 Å². The molecule has 0 aromatic heterocycles. The van der Waals surface area contributed by atoms with Crippen molar-refractivity contribution in [2.75, 3.05) is 13.1 Å². The first-order chi connectivity index (χ1) is 16.1. The molecule has 0 unspecified atom stereocenters. The van der Waals surface area contributed by atoms with Gasteiger partial charge in [-0.2, -0.15) is 5.10 Å². The number of rotatable bonds is 3. The molecule has 0 radical (unpaired) electrons. The predicted octanol–water partition coefficient (Wildman–Crippen LogP) is 6.18. The summed E-state index contributed by atoms with van der Waals surface area (Å²) in [5.41, 5.74) is 5.67. The number of aryl methyl sites for hydroxylation is 1. The Labute approximate surface area is 200 Å². The Morgan fingerprint density at radius 2 is 1.73 bits per heavy atom. The van der Waals surface area contributed by atoms with Crippen LogP contribution in [0.15, 0.2) is 77.9 Å². The Balaban J connectivity index is 1.32. The zero-order chi connectivity index (χ0) is 22.4. The first kappa shape index (κ1) is 20.8. The van der Waals surface area contributed by atoms with Gasteiger partial charge in [0, 0.05) is 49.5 Å². The Kier molecular flexibility index (Phi) is 5.16. The molecule has 0 aliphatic carbocycles. The molecule has 3 aromatic carbocycles. The third-order valence-corrected chi connectivity index (χ3v) is 7.54. The number of halogens is 1. The van der Waals surface area contributed by atoms with Crippen LogP contribution in [0.1, 0.15) is 47.6 Å². The van der Waals surface area contributed by atoms with Gasteiger partial charge in [-0.25, -0.2) is 5.01 Å². The molecular weight excluding hydrogens is 430 g/mol. The molecule has 0 N–H and O–H groups in total. The van der Waals surface area contributed by atoms with E-state index in [1.165, 1.54) is 16.7 Å². The normalized spacial score (nSPS) is 21.3. The van der Waals surface area contributed by atoms with Gasteiger partial charge in [-0.15, -0.1) is 0 Å². The van der Waals surface area contributed by atoms with Crippen molar-refractivity contribution in [2.24, 2.45) is 5.10 Å². The van der Waals surface area contributed by atoms with Crippen LogP contribution in [0.5, 0.6) is 5.75 Å². The van der Waals surface area contributed by atoms with E-state index in [9.17, 15) is 0 Å². The van der Waals surface area contributed by atoms with E-state index in [-0.39, 0.29) is 6.04 Å². The van der Waals surface area contributed by atoms with Gasteiger partial charge in [-0.1, -0.05) is 72.3 Å². The molecule has 3 aromatic rings. The topological polar surface area (TPSA) is 28.1 Å². The largest absolute Gasteiger partial charge is 0.466 e. The smallest absolute Gasteiger partial charge is 0.200 e. The second-order valence-corrected chi connectivity index (χ2v) is 9.86. The maximum atomic E-state index is 6.88. The van der Waals surface area contributed by atoms with Crippen LogP contribution in [0.3, 0.4) is 0 Å². The number of fused-ring (bicyclic) bond motifs is 4. The molecule has 33 heavy (non-hydrogen) atoms. The molecule has 5 heteroatoms.